The highest BCUT2D eigenvalue weighted by atomic mass is 35.5. The van der Waals surface area contributed by atoms with Gasteiger partial charge in [-0.2, -0.15) is 0 Å². The molecule has 1 fully saturated rings. The molecule has 1 atom stereocenters. The third-order valence-corrected chi connectivity index (χ3v) is 8.27. The van der Waals surface area contributed by atoms with E-state index in [0.717, 1.165) is 25.7 Å². The van der Waals surface area contributed by atoms with E-state index in [1.54, 1.807) is 60.7 Å². The van der Waals surface area contributed by atoms with Crippen LogP contribution in [-0.2, 0) is 16.0 Å². The van der Waals surface area contributed by atoms with Crippen LogP contribution in [0.3, 0.4) is 0 Å². The van der Waals surface area contributed by atoms with Crippen molar-refractivity contribution in [3.63, 3.8) is 0 Å². The number of benzene rings is 3. The second kappa shape index (κ2) is 16.2. The van der Waals surface area contributed by atoms with Gasteiger partial charge in [0, 0.05) is 18.7 Å². The number of anilines is 2. The number of ether oxygens (including phenoxy) is 2. The molecule has 238 valence electrons. The summed E-state index contributed by atoms with van der Waals surface area (Å²) in [7, 11) is 2.66. The van der Waals surface area contributed by atoms with Gasteiger partial charge in [0.05, 0.1) is 41.1 Å². The highest BCUT2D eigenvalue weighted by Crippen LogP contribution is 2.29. The molecule has 0 radical (unpaired) electrons. The van der Waals surface area contributed by atoms with Crippen molar-refractivity contribution in [1.82, 2.24) is 10.6 Å². The van der Waals surface area contributed by atoms with E-state index >= 15 is 0 Å². The molecule has 4 N–H and O–H groups in total. The molecule has 1 saturated carbocycles. The fourth-order valence-electron chi connectivity index (χ4n) is 5.25. The Balaban J connectivity index is 1.42. The minimum Gasteiger partial charge on any atom is -0.495 e. The lowest BCUT2D eigenvalue weighted by atomic mass is 9.89. The van der Waals surface area contributed by atoms with Crippen molar-refractivity contribution in [2.24, 2.45) is 5.92 Å². The molecule has 45 heavy (non-hydrogen) atoms. The number of para-hydroxylation sites is 1. The Kier molecular flexibility index (Phi) is 12.1. The normalized spacial score (nSPS) is 13.7. The lowest BCUT2D eigenvalue weighted by molar-refractivity contribution is -0.142. The van der Waals surface area contributed by atoms with Gasteiger partial charge in [0.2, 0.25) is 0 Å². The van der Waals surface area contributed by atoms with Crippen molar-refractivity contribution in [3.05, 3.63) is 87.4 Å². The summed E-state index contributed by atoms with van der Waals surface area (Å²) in [6.07, 6.45) is 5.79. The third kappa shape index (κ3) is 9.12. The predicted molar refractivity (Wildman–Crippen MR) is 174 cm³/mol. The molecule has 0 saturated heterocycles. The molecular formula is C33H36Cl2N4O6. The van der Waals surface area contributed by atoms with E-state index in [1.807, 2.05) is 0 Å². The largest absolute Gasteiger partial charge is 0.495 e. The predicted octanol–water partition coefficient (Wildman–Crippen LogP) is 6.47. The standard InChI is InChI=1S/C33H36Cl2N4O6/c1-44-27-13-6-10-23(30(40)36-19-21-8-4-3-5-9-21)29(27)39-33(43)38-26(32(42)45-2)18-20-14-16-22(17-15-20)37-31(41)28-24(34)11-7-12-25(28)35/h6-7,10-17,21,26H,3-5,8-9,18-19H2,1-2H3,(H,36,40)(H,37,41)(H2,38,39,43). The number of nitrogens with one attached hydrogen (secondary N) is 4. The van der Waals surface area contributed by atoms with Gasteiger partial charge in [0.15, 0.2) is 0 Å². The molecule has 0 bridgehead atoms. The summed E-state index contributed by atoms with van der Waals surface area (Å²) in [6, 6.07) is 14.6. The van der Waals surface area contributed by atoms with Crippen LogP contribution in [0.2, 0.25) is 10.0 Å². The summed E-state index contributed by atoms with van der Waals surface area (Å²) in [5.74, 6) is -0.743. The van der Waals surface area contributed by atoms with Crippen LogP contribution in [0, 0.1) is 5.92 Å². The summed E-state index contributed by atoms with van der Waals surface area (Å²) < 4.78 is 10.3. The van der Waals surface area contributed by atoms with Crippen molar-refractivity contribution in [1.29, 1.82) is 0 Å². The zero-order valence-corrected chi connectivity index (χ0v) is 26.6. The molecule has 12 heteroatoms. The van der Waals surface area contributed by atoms with E-state index in [0.29, 0.717) is 29.5 Å². The van der Waals surface area contributed by atoms with Gasteiger partial charge in [-0.3, -0.25) is 9.59 Å². The molecule has 0 aliphatic heterocycles. The highest BCUT2D eigenvalue weighted by Gasteiger charge is 2.25. The number of carbonyl (C=O) groups is 4. The van der Waals surface area contributed by atoms with E-state index < -0.39 is 23.9 Å². The Morgan fingerprint density at radius 1 is 0.844 bits per heavy atom. The lowest BCUT2D eigenvalue weighted by Crippen LogP contribution is -2.45. The van der Waals surface area contributed by atoms with Gasteiger partial charge < -0.3 is 30.7 Å². The molecule has 0 heterocycles. The molecule has 0 spiro atoms. The maximum Gasteiger partial charge on any atom is 0.328 e. The van der Waals surface area contributed by atoms with Gasteiger partial charge in [-0.05, 0) is 60.7 Å². The summed E-state index contributed by atoms with van der Waals surface area (Å²) in [4.78, 5) is 51.6. The van der Waals surface area contributed by atoms with Gasteiger partial charge in [0.25, 0.3) is 11.8 Å². The molecule has 3 aromatic rings. The lowest BCUT2D eigenvalue weighted by Gasteiger charge is -2.22. The van der Waals surface area contributed by atoms with Crippen molar-refractivity contribution in [2.75, 3.05) is 31.4 Å². The van der Waals surface area contributed by atoms with Crippen LogP contribution in [-0.4, -0.2) is 50.6 Å². The number of esters is 1. The first-order chi connectivity index (χ1) is 21.7. The van der Waals surface area contributed by atoms with Crippen LogP contribution in [0.4, 0.5) is 16.2 Å². The van der Waals surface area contributed by atoms with Gasteiger partial charge >= 0.3 is 12.0 Å². The van der Waals surface area contributed by atoms with Gasteiger partial charge in [-0.15, -0.1) is 0 Å². The van der Waals surface area contributed by atoms with Gasteiger partial charge in [0.1, 0.15) is 11.8 Å². The monoisotopic (exact) mass is 654 g/mol. The Morgan fingerprint density at radius 3 is 2.16 bits per heavy atom. The van der Waals surface area contributed by atoms with Gasteiger partial charge in [-0.1, -0.05) is 66.7 Å². The summed E-state index contributed by atoms with van der Waals surface area (Å²) in [5, 5.41) is 11.5. The Morgan fingerprint density at radius 2 is 1.51 bits per heavy atom. The van der Waals surface area contributed by atoms with Crippen LogP contribution in [0.25, 0.3) is 0 Å². The Hall–Kier alpha value is -4.28. The quantitative estimate of drug-likeness (QED) is 0.175. The number of carbonyl (C=O) groups excluding carboxylic acids is 4. The smallest absolute Gasteiger partial charge is 0.328 e. The number of methoxy groups -OCH3 is 2. The fourth-order valence-corrected chi connectivity index (χ4v) is 5.82. The van der Waals surface area contributed by atoms with Crippen LogP contribution in [0.5, 0.6) is 5.75 Å². The molecule has 4 amide bonds. The topological polar surface area (TPSA) is 135 Å². The van der Waals surface area contributed by atoms with E-state index in [-0.39, 0.29) is 39.2 Å². The molecule has 1 aliphatic carbocycles. The fraction of sp³-hybridized carbons (Fsp3) is 0.333. The van der Waals surface area contributed by atoms with Crippen LogP contribution in [0.15, 0.2) is 60.7 Å². The highest BCUT2D eigenvalue weighted by molar-refractivity contribution is 6.40. The van der Waals surface area contributed by atoms with Crippen molar-refractivity contribution < 1.29 is 28.7 Å². The number of urea groups is 1. The Labute approximate surface area is 272 Å². The van der Waals surface area contributed by atoms with Crippen molar-refractivity contribution in [3.8, 4) is 5.75 Å². The van der Waals surface area contributed by atoms with Crippen molar-refractivity contribution >= 4 is 58.4 Å². The van der Waals surface area contributed by atoms with Crippen LogP contribution < -0.4 is 26.0 Å². The SMILES string of the molecule is COC(=O)C(Cc1ccc(NC(=O)c2c(Cl)cccc2Cl)cc1)NC(=O)Nc1c(OC)cccc1C(=O)NCC1CCCCC1. The molecule has 1 aliphatic rings. The zero-order valence-electron chi connectivity index (χ0n) is 25.1. The van der Waals surface area contributed by atoms with E-state index in [9.17, 15) is 19.2 Å². The molecule has 1 unspecified atom stereocenters. The second-order valence-electron chi connectivity index (χ2n) is 10.7. The van der Waals surface area contributed by atoms with Crippen LogP contribution in [0.1, 0.15) is 58.4 Å². The minimum atomic E-state index is -1.06. The number of hydrogen-bond donors (Lipinski definition) is 4. The summed E-state index contributed by atoms with van der Waals surface area (Å²) in [5.41, 5.74) is 1.74. The van der Waals surface area contributed by atoms with E-state index in [1.165, 1.54) is 20.6 Å². The minimum absolute atomic E-state index is 0.0886. The summed E-state index contributed by atoms with van der Waals surface area (Å²) in [6.45, 7) is 0.558. The zero-order chi connectivity index (χ0) is 32.3. The maximum absolute atomic E-state index is 13.2. The average molecular weight is 656 g/mol. The molecular weight excluding hydrogens is 619 g/mol. The summed E-state index contributed by atoms with van der Waals surface area (Å²) >= 11 is 12.3. The number of rotatable bonds is 11. The van der Waals surface area contributed by atoms with E-state index in [4.69, 9.17) is 32.7 Å². The Bertz CT molecular complexity index is 1510. The van der Waals surface area contributed by atoms with Crippen LogP contribution >= 0.6 is 23.2 Å². The number of amides is 4. The van der Waals surface area contributed by atoms with E-state index in [2.05, 4.69) is 21.3 Å². The number of hydrogen-bond acceptors (Lipinski definition) is 6. The number of halogens is 2. The van der Waals surface area contributed by atoms with Gasteiger partial charge in [-0.25, -0.2) is 9.59 Å². The molecule has 3 aromatic carbocycles. The first-order valence-electron chi connectivity index (χ1n) is 14.6. The maximum atomic E-state index is 13.2. The molecule has 10 nitrogen and oxygen atoms in total. The average Bonchev–Trinajstić information content (AvgIpc) is 3.04. The van der Waals surface area contributed by atoms with Crippen molar-refractivity contribution in [2.45, 2.75) is 44.6 Å². The first-order valence-corrected chi connectivity index (χ1v) is 15.4. The second-order valence-corrected chi connectivity index (χ2v) is 11.5. The first kappa shape index (κ1) is 33.6. The molecule has 0 aromatic heterocycles. The molecule has 4 rings (SSSR count). The third-order valence-electron chi connectivity index (χ3n) is 7.64.